The first-order chi connectivity index (χ1) is 15.7. The maximum absolute atomic E-state index is 4.57. The molecule has 4 rings (SSSR count). The second kappa shape index (κ2) is 11.0. The molecule has 2 aliphatic heterocycles. The number of piperazine rings is 1. The minimum absolute atomic E-state index is 0.434. The number of guanidine groups is 1. The van der Waals surface area contributed by atoms with Crippen LogP contribution >= 0.6 is 0 Å². The molecule has 0 bridgehead atoms. The summed E-state index contributed by atoms with van der Waals surface area (Å²) in [7, 11) is 1.88. The van der Waals surface area contributed by atoms with Crippen molar-refractivity contribution in [2.75, 3.05) is 52.9 Å². The highest BCUT2D eigenvalue weighted by Crippen LogP contribution is 2.27. The fourth-order valence-corrected chi connectivity index (χ4v) is 4.89. The topological polar surface area (TPSA) is 51.9 Å². The smallest absolute Gasteiger partial charge is 0.193 e. The molecule has 0 amide bonds. The van der Waals surface area contributed by atoms with E-state index in [0.717, 1.165) is 38.6 Å². The zero-order valence-corrected chi connectivity index (χ0v) is 20.0. The van der Waals surface area contributed by atoms with E-state index in [0.29, 0.717) is 12.0 Å². The van der Waals surface area contributed by atoms with Crippen LogP contribution < -0.4 is 5.32 Å². The van der Waals surface area contributed by atoms with Gasteiger partial charge >= 0.3 is 0 Å². The first kappa shape index (κ1) is 22.8. The van der Waals surface area contributed by atoms with Crippen molar-refractivity contribution >= 4 is 5.96 Å². The lowest BCUT2D eigenvalue weighted by Gasteiger charge is -2.39. The van der Waals surface area contributed by atoms with Crippen LogP contribution in [-0.4, -0.2) is 83.1 Å². The summed E-state index contributed by atoms with van der Waals surface area (Å²) in [5.74, 6) is 1.62. The van der Waals surface area contributed by atoms with Gasteiger partial charge in [-0.05, 0) is 30.0 Å². The van der Waals surface area contributed by atoms with Crippen molar-refractivity contribution in [3.05, 3.63) is 54.1 Å². The van der Waals surface area contributed by atoms with Gasteiger partial charge in [0.15, 0.2) is 5.96 Å². The van der Waals surface area contributed by atoms with Crippen molar-refractivity contribution in [1.29, 1.82) is 0 Å². The predicted molar refractivity (Wildman–Crippen MR) is 131 cm³/mol. The minimum Gasteiger partial charge on any atom is -0.352 e. The second-order valence-corrected chi connectivity index (χ2v) is 9.22. The van der Waals surface area contributed by atoms with Gasteiger partial charge in [0, 0.05) is 71.8 Å². The molecule has 2 atom stereocenters. The molecule has 2 aliphatic rings. The second-order valence-electron chi connectivity index (χ2n) is 9.22. The Morgan fingerprint density at radius 3 is 2.44 bits per heavy atom. The summed E-state index contributed by atoms with van der Waals surface area (Å²) in [5, 5.41) is 3.58. The number of likely N-dealkylation sites (tertiary alicyclic amines) is 1. The summed E-state index contributed by atoms with van der Waals surface area (Å²) >= 11 is 0. The fraction of sp³-hybridized carbons (Fsp3) is 0.600. The average Bonchev–Trinajstić information content (AvgIpc) is 3.37. The molecule has 0 radical (unpaired) electrons. The van der Waals surface area contributed by atoms with Crippen molar-refractivity contribution in [2.45, 2.75) is 39.4 Å². The number of hydrogen-bond donors (Lipinski definition) is 1. The predicted octanol–water partition coefficient (Wildman–Crippen LogP) is 2.68. The molecule has 7 heteroatoms. The van der Waals surface area contributed by atoms with Crippen molar-refractivity contribution in [3.8, 4) is 0 Å². The Kier molecular flexibility index (Phi) is 7.81. The van der Waals surface area contributed by atoms with E-state index in [-0.39, 0.29) is 0 Å². The number of nitrogens with one attached hydrogen (secondary N) is 1. The number of nitrogens with zero attached hydrogens (tertiary/aromatic N) is 6. The highest BCUT2D eigenvalue weighted by molar-refractivity contribution is 5.80. The molecule has 2 aromatic rings. The largest absolute Gasteiger partial charge is 0.352 e. The number of aliphatic imine (C=N–C) groups is 1. The maximum Gasteiger partial charge on any atom is 0.193 e. The molecule has 1 aromatic carbocycles. The standard InChI is InChI=1S/C25H39N7/c1-4-29-13-15-30(16-14-29)18-23-7-5-22(6-8-23)17-28-25(26-3)31-11-9-21(2)24(19-31)32-12-10-27-20-32/h5-8,10,12,20-21,24H,4,9,11,13-19H2,1-3H3,(H,26,28). The SMILES string of the molecule is CCN1CCN(Cc2ccc(CNC(=NC)N3CCC(C)C(n4ccnc4)C3)cc2)CC1. The summed E-state index contributed by atoms with van der Waals surface area (Å²) in [4.78, 5) is 16.3. The molecule has 0 spiro atoms. The van der Waals surface area contributed by atoms with E-state index >= 15 is 0 Å². The van der Waals surface area contributed by atoms with E-state index in [1.165, 1.54) is 43.9 Å². The Morgan fingerprint density at radius 2 is 1.78 bits per heavy atom. The minimum atomic E-state index is 0.434. The van der Waals surface area contributed by atoms with Crippen LogP contribution in [0, 0.1) is 5.92 Å². The first-order valence-electron chi connectivity index (χ1n) is 12.1. The number of rotatable bonds is 6. The maximum atomic E-state index is 4.57. The van der Waals surface area contributed by atoms with Gasteiger partial charge in [-0.3, -0.25) is 9.89 Å². The zero-order valence-electron chi connectivity index (χ0n) is 20.0. The fourth-order valence-electron chi connectivity index (χ4n) is 4.89. The Hall–Kier alpha value is -2.38. The third kappa shape index (κ3) is 5.70. The Labute approximate surface area is 193 Å². The number of benzene rings is 1. The Morgan fingerprint density at radius 1 is 1.06 bits per heavy atom. The van der Waals surface area contributed by atoms with Crippen LogP contribution in [0.1, 0.15) is 37.4 Å². The summed E-state index contributed by atoms with van der Waals surface area (Å²) in [6, 6.07) is 9.51. The molecule has 0 saturated carbocycles. The van der Waals surface area contributed by atoms with Crippen LogP contribution in [0.4, 0.5) is 0 Å². The van der Waals surface area contributed by atoms with Gasteiger partial charge < -0.3 is 19.7 Å². The van der Waals surface area contributed by atoms with Gasteiger partial charge in [0.05, 0.1) is 12.4 Å². The number of piperidine rings is 1. The van der Waals surface area contributed by atoms with Gasteiger partial charge in [-0.1, -0.05) is 38.1 Å². The van der Waals surface area contributed by atoms with Crippen LogP contribution in [0.25, 0.3) is 0 Å². The van der Waals surface area contributed by atoms with Crippen molar-refractivity contribution in [3.63, 3.8) is 0 Å². The molecular weight excluding hydrogens is 398 g/mol. The number of likely N-dealkylation sites (N-methyl/N-ethyl adjacent to an activating group) is 1. The molecule has 2 fully saturated rings. The highest BCUT2D eigenvalue weighted by atomic mass is 15.3. The molecule has 2 saturated heterocycles. The molecule has 0 aliphatic carbocycles. The lowest BCUT2D eigenvalue weighted by atomic mass is 9.93. The van der Waals surface area contributed by atoms with Crippen LogP contribution in [0.3, 0.4) is 0 Å². The molecule has 1 aromatic heterocycles. The van der Waals surface area contributed by atoms with E-state index in [1.807, 2.05) is 19.6 Å². The third-order valence-corrected chi connectivity index (χ3v) is 7.13. The summed E-state index contributed by atoms with van der Waals surface area (Å²) < 4.78 is 2.24. The van der Waals surface area contributed by atoms with E-state index in [4.69, 9.17) is 0 Å². The molecule has 1 N–H and O–H groups in total. The number of aromatic nitrogens is 2. The molecule has 32 heavy (non-hydrogen) atoms. The zero-order chi connectivity index (χ0) is 22.3. The molecule has 7 nitrogen and oxygen atoms in total. The monoisotopic (exact) mass is 437 g/mol. The van der Waals surface area contributed by atoms with Gasteiger partial charge in [0.2, 0.25) is 0 Å². The number of imidazole rings is 1. The Bertz CT molecular complexity index is 838. The normalized spacial score (nSPS) is 23.5. The van der Waals surface area contributed by atoms with Gasteiger partial charge in [-0.25, -0.2) is 4.98 Å². The van der Waals surface area contributed by atoms with Crippen LogP contribution in [0.5, 0.6) is 0 Å². The summed E-state index contributed by atoms with van der Waals surface area (Å²) in [5.41, 5.74) is 2.69. The van der Waals surface area contributed by atoms with Gasteiger partial charge in [0.1, 0.15) is 0 Å². The van der Waals surface area contributed by atoms with E-state index in [1.54, 1.807) is 0 Å². The lowest BCUT2D eigenvalue weighted by Crippen LogP contribution is -2.48. The van der Waals surface area contributed by atoms with Gasteiger partial charge in [-0.2, -0.15) is 0 Å². The van der Waals surface area contributed by atoms with E-state index in [9.17, 15) is 0 Å². The van der Waals surface area contributed by atoms with Crippen LogP contribution in [0.2, 0.25) is 0 Å². The quantitative estimate of drug-likeness (QED) is 0.556. The van der Waals surface area contributed by atoms with Crippen molar-refractivity contribution in [2.24, 2.45) is 10.9 Å². The molecular formula is C25H39N7. The molecule has 2 unspecified atom stereocenters. The van der Waals surface area contributed by atoms with Crippen molar-refractivity contribution in [1.82, 2.24) is 29.6 Å². The third-order valence-electron chi connectivity index (χ3n) is 7.13. The lowest BCUT2D eigenvalue weighted by molar-refractivity contribution is 0.132. The highest BCUT2D eigenvalue weighted by Gasteiger charge is 2.28. The molecule has 3 heterocycles. The van der Waals surface area contributed by atoms with Crippen LogP contribution in [-0.2, 0) is 13.1 Å². The van der Waals surface area contributed by atoms with Crippen LogP contribution in [0.15, 0.2) is 48.0 Å². The van der Waals surface area contributed by atoms with E-state index < -0.39 is 0 Å². The Balaban J connectivity index is 1.28. The van der Waals surface area contributed by atoms with Gasteiger partial charge in [-0.15, -0.1) is 0 Å². The first-order valence-corrected chi connectivity index (χ1v) is 12.1. The average molecular weight is 438 g/mol. The van der Waals surface area contributed by atoms with Crippen molar-refractivity contribution < 1.29 is 0 Å². The van der Waals surface area contributed by atoms with Gasteiger partial charge in [0.25, 0.3) is 0 Å². The molecule has 174 valence electrons. The number of hydrogen-bond acceptors (Lipinski definition) is 4. The summed E-state index contributed by atoms with van der Waals surface area (Å²) in [6.45, 7) is 14.3. The van der Waals surface area contributed by atoms with E-state index in [2.05, 4.69) is 78.9 Å². The summed E-state index contributed by atoms with van der Waals surface area (Å²) in [6.07, 6.45) is 7.04.